The van der Waals surface area contributed by atoms with Gasteiger partial charge in [-0.15, -0.1) is 0 Å². The Kier molecular flexibility index (Phi) is 4.63. The number of methoxy groups -OCH3 is 1. The molecule has 0 aliphatic rings. The first kappa shape index (κ1) is 11.5. The maximum Gasteiger partial charge on any atom is 0.412 e. The Hall–Kier alpha value is -1.55. The van der Waals surface area contributed by atoms with Gasteiger partial charge in [-0.05, 0) is 19.1 Å². The van der Waals surface area contributed by atoms with Gasteiger partial charge < -0.3 is 14.8 Å². The van der Waals surface area contributed by atoms with E-state index in [-0.39, 0.29) is 6.04 Å². The molecule has 15 heavy (non-hydrogen) atoms. The Morgan fingerprint density at radius 3 is 2.67 bits per heavy atom. The molecule has 1 aromatic rings. The van der Waals surface area contributed by atoms with E-state index in [4.69, 9.17) is 9.47 Å². The van der Waals surface area contributed by atoms with Gasteiger partial charge in [0.15, 0.2) is 0 Å². The van der Waals surface area contributed by atoms with Crippen LogP contribution in [0.5, 0.6) is 5.75 Å². The highest BCUT2D eigenvalue weighted by Gasteiger charge is 2.08. The first-order valence-electron chi connectivity index (χ1n) is 4.74. The largest absolute Gasteiger partial charge is 0.412 e. The standard InChI is InChI=1S/C11H15NO3/c1-9(8-14-2)12-11(13)15-10-6-4-3-5-7-10/h3-7,9H,8H2,1-2H3,(H,12,13). The summed E-state index contributed by atoms with van der Waals surface area (Å²) in [4.78, 5) is 11.3. The topological polar surface area (TPSA) is 47.6 Å². The summed E-state index contributed by atoms with van der Waals surface area (Å²) >= 11 is 0. The van der Waals surface area contributed by atoms with Crippen LogP contribution < -0.4 is 10.1 Å². The van der Waals surface area contributed by atoms with Crippen LogP contribution in [-0.2, 0) is 4.74 Å². The van der Waals surface area contributed by atoms with Crippen LogP contribution in [0.4, 0.5) is 4.79 Å². The smallest absolute Gasteiger partial charge is 0.410 e. The molecule has 82 valence electrons. The molecule has 0 radical (unpaired) electrons. The summed E-state index contributed by atoms with van der Waals surface area (Å²) in [7, 11) is 1.58. The Morgan fingerprint density at radius 2 is 2.07 bits per heavy atom. The lowest BCUT2D eigenvalue weighted by molar-refractivity contribution is 0.159. The van der Waals surface area contributed by atoms with Crippen LogP contribution in [0.3, 0.4) is 0 Å². The maximum atomic E-state index is 11.3. The minimum atomic E-state index is -0.467. The lowest BCUT2D eigenvalue weighted by atomic mass is 10.3. The van der Waals surface area contributed by atoms with Gasteiger partial charge in [0, 0.05) is 7.11 Å². The normalized spacial score (nSPS) is 11.9. The van der Waals surface area contributed by atoms with Gasteiger partial charge in [0.05, 0.1) is 12.6 Å². The molecule has 0 spiro atoms. The monoisotopic (exact) mass is 209 g/mol. The summed E-state index contributed by atoms with van der Waals surface area (Å²) in [6.45, 7) is 2.31. The molecule has 4 heteroatoms. The van der Waals surface area contributed by atoms with Gasteiger partial charge in [-0.25, -0.2) is 4.79 Å². The van der Waals surface area contributed by atoms with E-state index in [1.807, 2.05) is 13.0 Å². The lowest BCUT2D eigenvalue weighted by Crippen LogP contribution is -2.37. The van der Waals surface area contributed by atoms with E-state index in [9.17, 15) is 4.79 Å². The van der Waals surface area contributed by atoms with Crippen molar-refractivity contribution in [1.29, 1.82) is 0 Å². The highest BCUT2D eigenvalue weighted by Crippen LogP contribution is 2.08. The molecule has 0 aliphatic carbocycles. The van der Waals surface area contributed by atoms with E-state index in [0.717, 1.165) is 0 Å². The van der Waals surface area contributed by atoms with Crippen LogP contribution in [0.2, 0.25) is 0 Å². The van der Waals surface area contributed by atoms with Gasteiger partial charge in [0.1, 0.15) is 5.75 Å². The van der Waals surface area contributed by atoms with E-state index in [2.05, 4.69) is 5.32 Å². The molecular formula is C11H15NO3. The maximum absolute atomic E-state index is 11.3. The number of ether oxygens (including phenoxy) is 2. The van der Waals surface area contributed by atoms with E-state index in [1.165, 1.54) is 0 Å². The summed E-state index contributed by atoms with van der Waals surface area (Å²) < 4.78 is 9.91. The van der Waals surface area contributed by atoms with Crippen LogP contribution in [-0.4, -0.2) is 25.9 Å². The van der Waals surface area contributed by atoms with Crippen LogP contribution >= 0.6 is 0 Å². The predicted molar refractivity (Wildman–Crippen MR) is 56.9 cm³/mol. The van der Waals surface area contributed by atoms with Crippen molar-refractivity contribution in [3.8, 4) is 5.75 Å². The zero-order chi connectivity index (χ0) is 11.1. The third kappa shape index (κ3) is 4.46. The average molecular weight is 209 g/mol. The van der Waals surface area contributed by atoms with Gasteiger partial charge in [-0.2, -0.15) is 0 Å². The first-order valence-corrected chi connectivity index (χ1v) is 4.74. The van der Waals surface area contributed by atoms with Crippen molar-refractivity contribution >= 4 is 6.09 Å². The van der Waals surface area contributed by atoms with Gasteiger partial charge >= 0.3 is 6.09 Å². The summed E-state index contributed by atoms with van der Waals surface area (Å²) in [6, 6.07) is 8.85. The summed E-state index contributed by atoms with van der Waals surface area (Å²) in [5, 5.41) is 2.64. The SMILES string of the molecule is COCC(C)NC(=O)Oc1ccccc1. The zero-order valence-electron chi connectivity index (χ0n) is 8.90. The number of hydrogen-bond donors (Lipinski definition) is 1. The van der Waals surface area contributed by atoms with Crippen LogP contribution in [0.25, 0.3) is 0 Å². The number of amides is 1. The van der Waals surface area contributed by atoms with E-state index >= 15 is 0 Å². The Balaban J connectivity index is 2.36. The zero-order valence-corrected chi connectivity index (χ0v) is 8.90. The fraction of sp³-hybridized carbons (Fsp3) is 0.364. The molecule has 1 rings (SSSR count). The van der Waals surface area contributed by atoms with Gasteiger partial charge in [-0.1, -0.05) is 18.2 Å². The number of benzene rings is 1. The molecule has 1 amide bonds. The molecule has 0 heterocycles. The van der Waals surface area contributed by atoms with E-state index in [0.29, 0.717) is 12.4 Å². The minimum Gasteiger partial charge on any atom is -0.410 e. The minimum absolute atomic E-state index is 0.0637. The fourth-order valence-electron chi connectivity index (χ4n) is 1.12. The van der Waals surface area contributed by atoms with E-state index in [1.54, 1.807) is 31.4 Å². The molecule has 0 aliphatic heterocycles. The summed E-state index contributed by atoms with van der Waals surface area (Å²) in [5.41, 5.74) is 0. The quantitative estimate of drug-likeness (QED) is 0.822. The van der Waals surface area contributed by atoms with Crippen molar-refractivity contribution < 1.29 is 14.3 Å². The van der Waals surface area contributed by atoms with Crippen molar-refractivity contribution in [2.45, 2.75) is 13.0 Å². The van der Waals surface area contributed by atoms with Crippen molar-refractivity contribution in [3.63, 3.8) is 0 Å². The number of hydrogen-bond acceptors (Lipinski definition) is 3. The first-order chi connectivity index (χ1) is 7.22. The van der Waals surface area contributed by atoms with Crippen LogP contribution in [0, 0.1) is 0 Å². The fourth-order valence-corrected chi connectivity index (χ4v) is 1.12. The van der Waals surface area contributed by atoms with Crippen molar-refractivity contribution in [3.05, 3.63) is 30.3 Å². The number of carbonyl (C=O) groups excluding carboxylic acids is 1. The molecule has 1 unspecified atom stereocenters. The Morgan fingerprint density at radius 1 is 1.40 bits per heavy atom. The molecule has 0 aromatic heterocycles. The molecule has 0 bridgehead atoms. The number of rotatable bonds is 4. The summed E-state index contributed by atoms with van der Waals surface area (Å²) in [6.07, 6.45) is -0.467. The molecule has 0 saturated carbocycles. The second-order valence-corrected chi connectivity index (χ2v) is 3.20. The molecule has 1 aromatic carbocycles. The van der Waals surface area contributed by atoms with Crippen molar-refractivity contribution in [2.75, 3.05) is 13.7 Å². The predicted octanol–water partition coefficient (Wildman–Crippen LogP) is 1.81. The molecule has 0 fully saturated rings. The average Bonchev–Trinajstić information content (AvgIpc) is 2.19. The summed E-state index contributed by atoms with van der Waals surface area (Å²) in [5.74, 6) is 0.527. The van der Waals surface area contributed by atoms with E-state index < -0.39 is 6.09 Å². The Bertz CT molecular complexity index is 300. The molecule has 4 nitrogen and oxygen atoms in total. The number of carbonyl (C=O) groups is 1. The van der Waals surface area contributed by atoms with Gasteiger partial charge in [0.25, 0.3) is 0 Å². The molecule has 1 N–H and O–H groups in total. The Labute approximate surface area is 89.2 Å². The third-order valence-electron chi connectivity index (χ3n) is 1.73. The van der Waals surface area contributed by atoms with Crippen LogP contribution in [0.1, 0.15) is 6.92 Å². The van der Waals surface area contributed by atoms with Crippen molar-refractivity contribution in [2.24, 2.45) is 0 Å². The lowest BCUT2D eigenvalue weighted by Gasteiger charge is -2.12. The highest BCUT2D eigenvalue weighted by atomic mass is 16.6. The second-order valence-electron chi connectivity index (χ2n) is 3.20. The number of para-hydroxylation sites is 1. The third-order valence-corrected chi connectivity index (χ3v) is 1.73. The molecular weight excluding hydrogens is 194 g/mol. The number of nitrogens with one attached hydrogen (secondary N) is 1. The van der Waals surface area contributed by atoms with Crippen LogP contribution in [0.15, 0.2) is 30.3 Å². The molecule has 1 atom stereocenters. The second kappa shape index (κ2) is 6.03. The molecule has 0 saturated heterocycles. The highest BCUT2D eigenvalue weighted by molar-refractivity contribution is 5.70. The van der Waals surface area contributed by atoms with Crippen molar-refractivity contribution in [1.82, 2.24) is 5.32 Å². The van der Waals surface area contributed by atoms with Gasteiger partial charge in [-0.3, -0.25) is 0 Å². The van der Waals surface area contributed by atoms with Gasteiger partial charge in [0.2, 0.25) is 0 Å².